The third-order valence-corrected chi connectivity index (χ3v) is 2.68. The molecule has 0 atom stereocenters. The highest BCUT2D eigenvalue weighted by Crippen LogP contribution is 2.18. The number of nitrogens with zero attached hydrogens (tertiary/aromatic N) is 3. The number of hydrogen-bond donors (Lipinski definition) is 0. The van der Waals surface area contributed by atoms with Crippen LogP contribution in [0.2, 0.25) is 5.15 Å². The van der Waals surface area contributed by atoms with E-state index < -0.39 is 0 Å². The van der Waals surface area contributed by atoms with Gasteiger partial charge in [-0.05, 0) is 36.8 Å². The Kier molecular flexibility index (Phi) is 3.58. The summed E-state index contributed by atoms with van der Waals surface area (Å²) in [6.45, 7) is 1.90. The number of anilines is 1. The van der Waals surface area contributed by atoms with E-state index in [1.54, 1.807) is 37.5 Å². The molecule has 1 amide bonds. The van der Waals surface area contributed by atoms with Gasteiger partial charge in [-0.3, -0.25) is 14.7 Å². The standard InChI is InChI=1S/C13H12ClN3O/c1-9-6-11(14)16-12(7-9)17(2)13(18)10-4-3-5-15-8-10/h3-8H,1-2H3. The van der Waals surface area contributed by atoms with Crippen molar-refractivity contribution in [3.63, 3.8) is 0 Å². The van der Waals surface area contributed by atoms with Gasteiger partial charge in [-0.1, -0.05) is 11.6 Å². The van der Waals surface area contributed by atoms with E-state index in [2.05, 4.69) is 9.97 Å². The lowest BCUT2D eigenvalue weighted by Crippen LogP contribution is -2.27. The van der Waals surface area contributed by atoms with Crippen molar-refractivity contribution in [3.05, 3.63) is 52.9 Å². The van der Waals surface area contributed by atoms with Crippen LogP contribution >= 0.6 is 11.6 Å². The van der Waals surface area contributed by atoms with E-state index in [-0.39, 0.29) is 5.91 Å². The van der Waals surface area contributed by atoms with Crippen molar-refractivity contribution in [1.29, 1.82) is 0 Å². The molecule has 0 bridgehead atoms. The smallest absolute Gasteiger partial charge is 0.260 e. The van der Waals surface area contributed by atoms with Crippen LogP contribution in [0, 0.1) is 6.92 Å². The Labute approximate surface area is 110 Å². The van der Waals surface area contributed by atoms with Gasteiger partial charge in [-0.25, -0.2) is 4.98 Å². The molecule has 0 aliphatic rings. The van der Waals surface area contributed by atoms with Crippen molar-refractivity contribution in [2.24, 2.45) is 0 Å². The lowest BCUT2D eigenvalue weighted by molar-refractivity contribution is 0.0992. The average Bonchev–Trinajstić information content (AvgIpc) is 2.37. The van der Waals surface area contributed by atoms with Gasteiger partial charge in [0.1, 0.15) is 11.0 Å². The number of aromatic nitrogens is 2. The summed E-state index contributed by atoms with van der Waals surface area (Å²) in [6, 6.07) is 6.98. The number of amides is 1. The number of rotatable bonds is 2. The molecule has 0 radical (unpaired) electrons. The summed E-state index contributed by atoms with van der Waals surface area (Å²) in [5.41, 5.74) is 1.47. The molecule has 5 heteroatoms. The molecule has 2 heterocycles. The number of carbonyl (C=O) groups excluding carboxylic acids is 1. The van der Waals surface area contributed by atoms with Crippen molar-refractivity contribution in [3.8, 4) is 0 Å². The van der Waals surface area contributed by atoms with Gasteiger partial charge in [-0.2, -0.15) is 0 Å². The topological polar surface area (TPSA) is 46.1 Å². The van der Waals surface area contributed by atoms with Crippen LogP contribution in [0.3, 0.4) is 0 Å². The van der Waals surface area contributed by atoms with Crippen LogP contribution in [0.5, 0.6) is 0 Å². The minimum atomic E-state index is -0.169. The van der Waals surface area contributed by atoms with E-state index in [0.717, 1.165) is 5.56 Å². The molecule has 0 saturated carbocycles. The Morgan fingerprint density at radius 1 is 1.39 bits per heavy atom. The van der Waals surface area contributed by atoms with Gasteiger partial charge < -0.3 is 0 Å². The maximum atomic E-state index is 12.2. The fraction of sp³-hybridized carbons (Fsp3) is 0.154. The molecule has 0 N–H and O–H groups in total. The predicted molar refractivity (Wildman–Crippen MR) is 71.0 cm³/mol. The van der Waals surface area contributed by atoms with Gasteiger partial charge >= 0.3 is 0 Å². The molecule has 2 aromatic rings. The van der Waals surface area contributed by atoms with E-state index >= 15 is 0 Å². The highest BCUT2D eigenvalue weighted by Gasteiger charge is 2.15. The van der Waals surface area contributed by atoms with Crippen LogP contribution in [0.1, 0.15) is 15.9 Å². The summed E-state index contributed by atoms with van der Waals surface area (Å²) < 4.78 is 0. The molecule has 4 nitrogen and oxygen atoms in total. The number of aryl methyl sites for hydroxylation is 1. The Hall–Kier alpha value is -1.94. The van der Waals surface area contributed by atoms with E-state index in [4.69, 9.17) is 11.6 Å². The van der Waals surface area contributed by atoms with Crippen molar-refractivity contribution in [2.75, 3.05) is 11.9 Å². The van der Waals surface area contributed by atoms with Crippen molar-refractivity contribution < 1.29 is 4.79 Å². The molecule has 0 saturated heterocycles. The van der Waals surface area contributed by atoms with Gasteiger partial charge in [-0.15, -0.1) is 0 Å². The summed E-state index contributed by atoms with van der Waals surface area (Å²) in [5.74, 6) is 0.353. The normalized spacial score (nSPS) is 10.2. The predicted octanol–water partition coefficient (Wildman–Crippen LogP) is 2.72. The fourth-order valence-electron chi connectivity index (χ4n) is 1.57. The van der Waals surface area contributed by atoms with Gasteiger partial charge in [0.15, 0.2) is 0 Å². The number of hydrogen-bond acceptors (Lipinski definition) is 3. The summed E-state index contributed by atoms with van der Waals surface area (Å²) in [7, 11) is 1.66. The molecular formula is C13H12ClN3O. The molecule has 2 rings (SSSR count). The molecule has 0 aliphatic carbocycles. The zero-order chi connectivity index (χ0) is 13.1. The first-order valence-corrected chi connectivity index (χ1v) is 5.78. The average molecular weight is 262 g/mol. The SMILES string of the molecule is Cc1cc(Cl)nc(N(C)C(=O)c2cccnc2)c1. The zero-order valence-corrected chi connectivity index (χ0v) is 10.8. The maximum Gasteiger partial charge on any atom is 0.260 e. The van der Waals surface area contributed by atoms with Crippen LogP contribution in [-0.2, 0) is 0 Å². The minimum absolute atomic E-state index is 0.169. The lowest BCUT2D eigenvalue weighted by Gasteiger charge is -2.16. The quantitative estimate of drug-likeness (QED) is 0.781. The second-order valence-corrected chi connectivity index (χ2v) is 4.32. The van der Waals surface area contributed by atoms with Crippen molar-refractivity contribution in [2.45, 2.75) is 6.92 Å². The molecule has 0 aliphatic heterocycles. The first-order chi connectivity index (χ1) is 8.58. The number of carbonyl (C=O) groups is 1. The van der Waals surface area contributed by atoms with Crippen LogP contribution in [0.15, 0.2) is 36.7 Å². The van der Waals surface area contributed by atoms with E-state index in [9.17, 15) is 4.79 Å². The number of halogens is 1. The molecule has 0 unspecified atom stereocenters. The molecule has 2 aromatic heterocycles. The summed E-state index contributed by atoms with van der Waals surface area (Å²) in [6.07, 6.45) is 3.15. The fourth-order valence-corrected chi connectivity index (χ4v) is 1.82. The van der Waals surface area contributed by atoms with Crippen molar-refractivity contribution in [1.82, 2.24) is 9.97 Å². The highest BCUT2D eigenvalue weighted by atomic mass is 35.5. The van der Waals surface area contributed by atoms with Gasteiger partial charge in [0.25, 0.3) is 5.91 Å². The van der Waals surface area contributed by atoms with Crippen LogP contribution < -0.4 is 4.90 Å². The Balaban J connectivity index is 2.31. The third kappa shape index (κ3) is 2.65. The molecular weight excluding hydrogens is 250 g/mol. The van der Waals surface area contributed by atoms with E-state index in [0.29, 0.717) is 16.5 Å². The maximum absolute atomic E-state index is 12.2. The minimum Gasteiger partial charge on any atom is -0.296 e. The van der Waals surface area contributed by atoms with Crippen LogP contribution in [-0.4, -0.2) is 22.9 Å². The highest BCUT2D eigenvalue weighted by molar-refractivity contribution is 6.29. The number of pyridine rings is 2. The Morgan fingerprint density at radius 3 is 2.78 bits per heavy atom. The first kappa shape index (κ1) is 12.5. The Bertz CT molecular complexity index is 551. The Morgan fingerprint density at radius 2 is 2.17 bits per heavy atom. The van der Waals surface area contributed by atoms with Gasteiger partial charge in [0.2, 0.25) is 0 Å². The van der Waals surface area contributed by atoms with Crippen molar-refractivity contribution >= 4 is 23.3 Å². The molecule has 0 aromatic carbocycles. The van der Waals surface area contributed by atoms with Crippen LogP contribution in [0.25, 0.3) is 0 Å². The lowest BCUT2D eigenvalue weighted by atomic mass is 10.2. The monoisotopic (exact) mass is 261 g/mol. The molecule has 0 spiro atoms. The van der Waals surface area contributed by atoms with E-state index in [1.165, 1.54) is 11.1 Å². The second-order valence-electron chi connectivity index (χ2n) is 3.93. The summed E-state index contributed by atoms with van der Waals surface area (Å²) >= 11 is 5.88. The first-order valence-electron chi connectivity index (χ1n) is 5.40. The summed E-state index contributed by atoms with van der Waals surface area (Å²) in [5, 5.41) is 0.371. The summed E-state index contributed by atoms with van der Waals surface area (Å²) in [4.78, 5) is 21.7. The molecule has 18 heavy (non-hydrogen) atoms. The van der Waals surface area contributed by atoms with Gasteiger partial charge in [0.05, 0.1) is 5.56 Å². The largest absolute Gasteiger partial charge is 0.296 e. The van der Waals surface area contributed by atoms with E-state index in [1.807, 2.05) is 6.92 Å². The third-order valence-electron chi connectivity index (χ3n) is 2.48. The molecule has 92 valence electrons. The zero-order valence-electron chi connectivity index (χ0n) is 10.1. The molecule has 0 fully saturated rings. The van der Waals surface area contributed by atoms with Crippen LogP contribution in [0.4, 0.5) is 5.82 Å². The van der Waals surface area contributed by atoms with Gasteiger partial charge in [0, 0.05) is 19.4 Å². The second kappa shape index (κ2) is 5.14.